The maximum absolute atomic E-state index is 12.4. The van der Waals surface area contributed by atoms with Crippen molar-refractivity contribution in [3.05, 3.63) is 57.8 Å². The molecule has 1 unspecified atom stereocenters. The number of nitrogens with one attached hydrogen (secondary N) is 2. The number of carboxylic acids is 1. The standard InChI is InChI=1S/C18H18N2O4S2/c21-15(20-18(17(23)24)7-9-25-11-18)13-5-3-12(4-6-13)10-19-16(22)14-2-1-8-26-14/h1-6,8H,7,9-11H2,(H,19,22)(H,20,21)(H,23,24). The van der Waals surface area contributed by atoms with Crippen molar-refractivity contribution in [3.63, 3.8) is 0 Å². The van der Waals surface area contributed by atoms with Gasteiger partial charge >= 0.3 is 5.97 Å². The normalized spacial score (nSPS) is 19.1. The molecule has 3 rings (SSSR count). The molecule has 26 heavy (non-hydrogen) atoms. The average Bonchev–Trinajstić information content (AvgIpc) is 3.32. The van der Waals surface area contributed by atoms with Crippen molar-refractivity contribution >= 4 is 40.9 Å². The topological polar surface area (TPSA) is 95.5 Å². The van der Waals surface area contributed by atoms with Gasteiger partial charge in [-0.15, -0.1) is 11.3 Å². The third kappa shape index (κ3) is 4.08. The number of amides is 2. The Morgan fingerprint density at radius 3 is 2.46 bits per heavy atom. The molecule has 0 bridgehead atoms. The first-order valence-corrected chi connectivity index (χ1v) is 10.1. The van der Waals surface area contributed by atoms with E-state index in [-0.39, 0.29) is 5.91 Å². The largest absolute Gasteiger partial charge is 0.479 e. The molecule has 2 amide bonds. The van der Waals surface area contributed by atoms with Crippen molar-refractivity contribution in [2.45, 2.75) is 18.5 Å². The van der Waals surface area contributed by atoms with Crippen molar-refractivity contribution in [3.8, 4) is 0 Å². The molecule has 6 nitrogen and oxygen atoms in total. The summed E-state index contributed by atoms with van der Waals surface area (Å²) < 4.78 is 0. The zero-order chi connectivity index (χ0) is 18.6. The maximum Gasteiger partial charge on any atom is 0.330 e. The lowest BCUT2D eigenvalue weighted by atomic mass is 9.98. The Hall–Kier alpha value is -2.32. The van der Waals surface area contributed by atoms with E-state index >= 15 is 0 Å². The van der Waals surface area contributed by atoms with E-state index in [9.17, 15) is 19.5 Å². The highest BCUT2D eigenvalue weighted by Crippen LogP contribution is 2.28. The van der Waals surface area contributed by atoms with E-state index < -0.39 is 17.4 Å². The van der Waals surface area contributed by atoms with E-state index in [0.717, 1.165) is 11.3 Å². The molecule has 1 fully saturated rings. The first kappa shape index (κ1) is 18.5. The van der Waals surface area contributed by atoms with E-state index in [4.69, 9.17) is 0 Å². The van der Waals surface area contributed by atoms with Crippen LogP contribution >= 0.6 is 23.1 Å². The molecule has 136 valence electrons. The lowest BCUT2D eigenvalue weighted by Crippen LogP contribution is -2.54. The number of carbonyl (C=O) groups is 3. The summed E-state index contributed by atoms with van der Waals surface area (Å²) in [5.74, 6) is -0.437. The van der Waals surface area contributed by atoms with Gasteiger partial charge in [0, 0.05) is 17.9 Å². The van der Waals surface area contributed by atoms with Gasteiger partial charge in [0.05, 0.1) is 4.88 Å². The van der Waals surface area contributed by atoms with Crippen molar-refractivity contribution in [1.82, 2.24) is 10.6 Å². The summed E-state index contributed by atoms with van der Waals surface area (Å²) in [7, 11) is 0. The maximum atomic E-state index is 12.4. The summed E-state index contributed by atoms with van der Waals surface area (Å²) >= 11 is 2.90. The molecule has 2 aromatic rings. The second kappa shape index (κ2) is 7.92. The van der Waals surface area contributed by atoms with Crippen molar-refractivity contribution in [2.24, 2.45) is 0 Å². The highest BCUT2D eigenvalue weighted by molar-refractivity contribution is 7.99. The van der Waals surface area contributed by atoms with Crippen LogP contribution in [-0.4, -0.2) is 39.9 Å². The van der Waals surface area contributed by atoms with Gasteiger partial charge in [-0.1, -0.05) is 18.2 Å². The summed E-state index contributed by atoms with van der Waals surface area (Å²) in [6, 6.07) is 10.4. The number of aliphatic carboxylic acids is 1. The van der Waals surface area contributed by atoms with Crippen LogP contribution in [0.2, 0.25) is 0 Å². The predicted octanol–water partition coefficient (Wildman–Crippen LogP) is 2.37. The molecule has 1 aliphatic rings. The van der Waals surface area contributed by atoms with Crippen LogP contribution in [0.15, 0.2) is 41.8 Å². The van der Waals surface area contributed by atoms with Gasteiger partial charge in [0.25, 0.3) is 11.8 Å². The lowest BCUT2D eigenvalue weighted by Gasteiger charge is -2.24. The van der Waals surface area contributed by atoms with E-state index in [1.165, 1.54) is 23.1 Å². The minimum atomic E-state index is -1.19. The number of hydrogen-bond donors (Lipinski definition) is 3. The van der Waals surface area contributed by atoms with E-state index in [2.05, 4.69) is 10.6 Å². The Labute approximate surface area is 159 Å². The molecule has 8 heteroatoms. The summed E-state index contributed by atoms with van der Waals surface area (Å²) in [5.41, 5.74) is 0.0708. The number of thioether (sulfide) groups is 1. The second-order valence-corrected chi connectivity index (χ2v) is 8.05. The Bertz CT molecular complexity index is 797. The van der Waals surface area contributed by atoms with Gasteiger partial charge in [-0.3, -0.25) is 9.59 Å². The summed E-state index contributed by atoms with van der Waals surface area (Å²) in [6.45, 7) is 0.355. The van der Waals surface area contributed by atoms with Crippen LogP contribution in [0.25, 0.3) is 0 Å². The summed E-state index contributed by atoms with van der Waals surface area (Å²) in [6.07, 6.45) is 0.422. The number of carbonyl (C=O) groups excluding carboxylic acids is 2. The average molecular weight is 390 g/mol. The van der Waals surface area contributed by atoms with Crippen molar-refractivity contribution < 1.29 is 19.5 Å². The fourth-order valence-corrected chi connectivity index (χ4v) is 4.59. The van der Waals surface area contributed by atoms with E-state index in [0.29, 0.717) is 29.2 Å². The minimum absolute atomic E-state index is 0.135. The number of carboxylic acid groups (broad SMARTS) is 1. The quantitative estimate of drug-likeness (QED) is 0.704. The van der Waals surface area contributed by atoms with Crippen molar-refractivity contribution in [1.29, 1.82) is 0 Å². The molecule has 2 heterocycles. The Morgan fingerprint density at radius 1 is 1.12 bits per heavy atom. The highest BCUT2D eigenvalue weighted by atomic mass is 32.2. The van der Waals surface area contributed by atoms with Crippen LogP contribution in [0, 0.1) is 0 Å². The Morgan fingerprint density at radius 2 is 1.88 bits per heavy atom. The Kier molecular flexibility index (Phi) is 5.63. The molecule has 1 saturated heterocycles. The van der Waals surface area contributed by atoms with Gasteiger partial charge in [0.15, 0.2) is 0 Å². The lowest BCUT2D eigenvalue weighted by molar-refractivity contribution is -0.143. The molecule has 0 radical (unpaired) electrons. The monoisotopic (exact) mass is 390 g/mol. The molecule has 0 spiro atoms. The molecule has 1 atom stereocenters. The predicted molar refractivity (Wildman–Crippen MR) is 102 cm³/mol. The van der Waals surface area contributed by atoms with Gasteiger partial charge in [-0.2, -0.15) is 11.8 Å². The summed E-state index contributed by atoms with van der Waals surface area (Å²) in [5, 5.41) is 16.8. The fraction of sp³-hybridized carbons (Fsp3) is 0.278. The Balaban J connectivity index is 1.59. The number of benzene rings is 1. The van der Waals surface area contributed by atoms with Crippen LogP contribution in [-0.2, 0) is 11.3 Å². The molecule has 0 saturated carbocycles. The van der Waals surface area contributed by atoms with Crippen LogP contribution < -0.4 is 10.6 Å². The first-order chi connectivity index (χ1) is 12.5. The van der Waals surface area contributed by atoms with Crippen molar-refractivity contribution in [2.75, 3.05) is 11.5 Å². The van der Waals surface area contributed by atoms with Gasteiger partial charge < -0.3 is 15.7 Å². The van der Waals surface area contributed by atoms with Gasteiger partial charge in [-0.05, 0) is 41.3 Å². The molecule has 1 aliphatic heterocycles. The van der Waals surface area contributed by atoms with Gasteiger partial charge in [0.2, 0.25) is 0 Å². The highest BCUT2D eigenvalue weighted by Gasteiger charge is 2.43. The number of rotatable bonds is 6. The third-order valence-electron chi connectivity index (χ3n) is 4.20. The van der Waals surface area contributed by atoms with Crippen LogP contribution in [0.1, 0.15) is 32.0 Å². The molecular weight excluding hydrogens is 372 g/mol. The van der Waals surface area contributed by atoms with E-state index in [1.54, 1.807) is 30.3 Å². The molecule has 1 aromatic carbocycles. The first-order valence-electron chi connectivity index (χ1n) is 8.04. The van der Waals surface area contributed by atoms with Crippen LogP contribution in [0.5, 0.6) is 0 Å². The number of hydrogen-bond acceptors (Lipinski definition) is 5. The van der Waals surface area contributed by atoms with Crippen LogP contribution in [0.4, 0.5) is 0 Å². The zero-order valence-corrected chi connectivity index (χ0v) is 15.5. The molecule has 1 aromatic heterocycles. The number of thiophene rings is 1. The zero-order valence-electron chi connectivity index (χ0n) is 13.9. The molecule has 0 aliphatic carbocycles. The van der Waals surface area contributed by atoms with E-state index in [1.807, 2.05) is 11.4 Å². The van der Waals surface area contributed by atoms with Crippen LogP contribution in [0.3, 0.4) is 0 Å². The fourth-order valence-electron chi connectivity index (χ4n) is 2.63. The van der Waals surface area contributed by atoms with Gasteiger partial charge in [-0.25, -0.2) is 4.79 Å². The molecule has 3 N–H and O–H groups in total. The minimum Gasteiger partial charge on any atom is -0.479 e. The smallest absolute Gasteiger partial charge is 0.330 e. The second-order valence-electron chi connectivity index (χ2n) is 6.00. The van der Waals surface area contributed by atoms with Gasteiger partial charge in [0.1, 0.15) is 5.54 Å². The molecular formula is C18H18N2O4S2. The third-order valence-corrected chi connectivity index (χ3v) is 6.26. The summed E-state index contributed by atoms with van der Waals surface area (Å²) in [4.78, 5) is 36.5. The SMILES string of the molecule is O=C(NC1(C(=O)O)CCSC1)c1ccc(CNC(=O)c2cccs2)cc1.